The largest absolute Gasteiger partial charge is 0.383 e. The van der Waals surface area contributed by atoms with Gasteiger partial charge in [0.05, 0.1) is 13.2 Å². The average molecular weight is 216 g/mol. The second kappa shape index (κ2) is 8.05. The van der Waals surface area contributed by atoms with E-state index in [1.54, 1.807) is 14.2 Å². The third kappa shape index (κ3) is 4.93. The summed E-state index contributed by atoms with van der Waals surface area (Å²) in [7, 11) is 3.52. The molecule has 0 atom stereocenters. The molecule has 0 spiro atoms. The Hall–Kier alpha value is -0.160. The van der Waals surface area contributed by atoms with Crippen molar-refractivity contribution in [2.45, 2.75) is 18.9 Å². The van der Waals surface area contributed by atoms with Gasteiger partial charge in [0.2, 0.25) is 0 Å². The maximum Gasteiger partial charge on any atom is 0.0589 e. The van der Waals surface area contributed by atoms with Crippen LogP contribution in [0.5, 0.6) is 0 Å². The lowest BCUT2D eigenvalue weighted by Gasteiger charge is -2.34. The van der Waals surface area contributed by atoms with Gasteiger partial charge in [-0.25, -0.2) is 0 Å². The summed E-state index contributed by atoms with van der Waals surface area (Å²) in [6.45, 7) is 5.94. The van der Waals surface area contributed by atoms with E-state index in [9.17, 15) is 0 Å². The molecule has 0 aromatic carbocycles. The molecule has 0 amide bonds. The van der Waals surface area contributed by atoms with E-state index in [0.717, 1.165) is 39.4 Å². The summed E-state index contributed by atoms with van der Waals surface area (Å²) in [6, 6.07) is 0.705. The van der Waals surface area contributed by atoms with Crippen LogP contribution in [-0.4, -0.2) is 64.6 Å². The van der Waals surface area contributed by atoms with Crippen LogP contribution in [0.4, 0.5) is 0 Å². The molecule has 0 aromatic heterocycles. The second-order valence-corrected chi connectivity index (χ2v) is 4.00. The van der Waals surface area contributed by atoms with E-state index >= 15 is 0 Å². The van der Waals surface area contributed by atoms with Crippen molar-refractivity contribution in [1.29, 1.82) is 0 Å². The van der Waals surface area contributed by atoms with Gasteiger partial charge in [-0.1, -0.05) is 0 Å². The molecule has 1 aliphatic heterocycles. The molecule has 1 saturated heterocycles. The van der Waals surface area contributed by atoms with Gasteiger partial charge in [-0.05, 0) is 25.9 Å². The minimum Gasteiger partial charge on any atom is -0.383 e. The Labute approximate surface area is 92.9 Å². The molecular formula is C11H24N2O2. The maximum absolute atomic E-state index is 5.15. The molecular weight excluding hydrogens is 192 g/mol. The number of methoxy groups -OCH3 is 2. The topological polar surface area (TPSA) is 33.7 Å². The number of rotatable bonds is 7. The van der Waals surface area contributed by atoms with Crippen molar-refractivity contribution in [3.05, 3.63) is 0 Å². The predicted molar refractivity (Wildman–Crippen MR) is 61.2 cm³/mol. The van der Waals surface area contributed by atoms with Gasteiger partial charge < -0.3 is 14.8 Å². The number of hydrogen-bond acceptors (Lipinski definition) is 4. The van der Waals surface area contributed by atoms with Crippen LogP contribution in [0.25, 0.3) is 0 Å². The minimum absolute atomic E-state index is 0.705. The first-order valence-corrected chi connectivity index (χ1v) is 5.81. The lowest BCUT2D eigenvalue weighted by Crippen LogP contribution is -2.45. The van der Waals surface area contributed by atoms with E-state index in [1.165, 1.54) is 12.8 Å². The molecule has 4 nitrogen and oxygen atoms in total. The Kier molecular flexibility index (Phi) is 6.92. The van der Waals surface area contributed by atoms with Crippen molar-refractivity contribution in [3.8, 4) is 0 Å². The third-order valence-electron chi connectivity index (χ3n) is 2.99. The van der Waals surface area contributed by atoms with Crippen LogP contribution in [0.1, 0.15) is 12.8 Å². The van der Waals surface area contributed by atoms with Crippen molar-refractivity contribution in [2.75, 3.05) is 53.6 Å². The van der Waals surface area contributed by atoms with Gasteiger partial charge in [0.1, 0.15) is 0 Å². The monoisotopic (exact) mass is 216 g/mol. The molecule has 0 radical (unpaired) electrons. The molecule has 1 aliphatic rings. The van der Waals surface area contributed by atoms with Crippen LogP contribution in [-0.2, 0) is 9.47 Å². The Morgan fingerprint density at radius 3 is 2.07 bits per heavy atom. The fourth-order valence-electron chi connectivity index (χ4n) is 2.07. The highest BCUT2D eigenvalue weighted by atomic mass is 16.5. The van der Waals surface area contributed by atoms with Crippen LogP contribution >= 0.6 is 0 Å². The highest BCUT2D eigenvalue weighted by Crippen LogP contribution is 2.11. The van der Waals surface area contributed by atoms with Crippen LogP contribution in [0.2, 0.25) is 0 Å². The summed E-state index contributed by atoms with van der Waals surface area (Å²) in [6.07, 6.45) is 2.49. The van der Waals surface area contributed by atoms with Crippen LogP contribution < -0.4 is 5.32 Å². The van der Waals surface area contributed by atoms with Crippen LogP contribution in [0.15, 0.2) is 0 Å². The maximum atomic E-state index is 5.15. The first-order chi connectivity index (χ1) is 7.38. The Balaban J connectivity index is 2.30. The minimum atomic E-state index is 0.705. The summed E-state index contributed by atoms with van der Waals surface area (Å²) in [4.78, 5) is 2.49. The summed E-state index contributed by atoms with van der Waals surface area (Å²) in [5.41, 5.74) is 0. The summed E-state index contributed by atoms with van der Waals surface area (Å²) >= 11 is 0. The zero-order valence-corrected chi connectivity index (χ0v) is 10.00. The Bertz CT molecular complexity index is 142. The molecule has 1 rings (SSSR count). The van der Waals surface area contributed by atoms with Crippen molar-refractivity contribution in [3.63, 3.8) is 0 Å². The lowest BCUT2D eigenvalue weighted by atomic mass is 10.0. The molecule has 1 heterocycles. The molecule has 0 saturated carbocycles. The number of piperidine rings is 1. The zero-order chi connectivity index (χ0) is 10.9. The van der Waals surface area contributed by atoms with E-state index in [0.29, 0.717) is 6.04 Å². The highest BCUT2D eigenvalue weighted by molar-refractivity contribution is 4.77. The van der Waals surface area contributed by atoms with Crippen LogP contribution in [0.3, 0.4) is 0 Å². The normalized spacial score (nSPS) is 18.6. The Morgan fingerprint density at radius 2 is 1.60 bits per heavy atom. The van der Waals surface area contributed by atoms with E-state index in [1.807, 2.05) is 0 Å². The molecule has 0 unspecified atom stereocenters. The van der Waals surface area contributed by atoms with Crippen LogP contribution in [0, 0.1) is 0 Å². The van der Waals surface area contributed by atoms with Crippen molar-refractivity contribution >= 4 is 0 Å². The number of nitrogens with zero attached hydrogens (tertiary/aromatic N) is 1. The molecule has 15 heavy (non-hydrogen) atoms. The average Bonchev–Trinajstić information content (AvgIpc) is 2.30. The quantitative estimate of drug-likeness (QED) is 0.665. The fourth-order valence-corrected chi connectivity index (χ4v) is 2.07. The second-order valence-electron chi connectivity index (χ2n) is 4.00. The van der Waals surface area contributed by atoms with Gasteiger partial charge in [0, 0.05) is 33.4 Å². The van der Waals surface area contributed by atoms with E-state index < -0.39 is 0 Å². The van der Waals surface area contributed by atoms with E-state index in [-0.39, 0.29) is 0 Å². The molecule has 1 N–H and O–H groups in total. The predicted octanol–water partition coefficient (Wildman–Crippen LogP) is 0.333. The first-order valence-electron chi connectivity index (χ1n) is 5.81. The number of hydrogen-bond donors (Lipinski definition) is 1. The van der Waals surface area contributed by atoms with Gasteiger partial charge in [0.15, 0.2) is 0 Å². The first kappa shape index (κ1) is 12.9. The highest BCUT2D eigenvalue weighted by Gasteiger charge is 2.19. The molecule has 90 valence electrons. The van der Waals surface area contributed by atoms with Crippen molar-refractivity contribution in [1.82, 2.24) is 10.2 Å². The lowest BCUT2D eigenvalue weighted by molar-refractivity contribution is 0.0764. The smallest absolute Gasteiger partial charge is 0.0589 e. The van der Waals surface area contributed by atoms with Gasteiger partial charge >= 0.3 is 0 Å². The van der Waals surface area contributed by atoms with Gasteiger partial charge in [-0.15, -0.1) is 0 Å². The zero-order valence-electron chi connectivity index (χ0n) is 10.00. The molecule has 0 aliphatic carbocycles. The summed E-state index contributed by atoms with van der Waals surface area (Å²) < 4.78 is 10.3. The molecule has 1 fully saturated rings. The van der Waals surface area contributed by atoms with Gasteiger partial charge in [0.25, 0.3) is 0 Å². The van der Waals surface area contributed by atoms with Gasteiger partial charge in [-0.3, -0.25) is 4.90 Å². The summed E-state index contributed by atoms with van der Waals surface area (Å²) in [5.74, 6) is 0. The van der Waals surface area contributed by atoms with Crippen molar-refractivity contribution in [2.24, 2.45) is 0 Å². The summed E-state index contributed by atoms with van der Waals surface area (Å²) in [5, 5.41) is 3.39. The van der Waals surface area contributed by atoms with Crippen molar-refractivity contribution < 1.29 is 9.47 Å². The molecule has 0 aromatic rings. The number of nitrogens with one attached hydrogen (secondary N) is 1. The SMILES string of the molecule is COCCN(CCOC)C1CCNCC1. The van der Waals surface area contributed by atoms with Gasteiger partial charge in [-0.2, -0.15) is 0 Å². The molecule has 4 heteroatoms. The number of ether oxygens (including phenoxy) is 2. The van der Waals surface area contributed by atoms with E-state index in [4.69, 9.17) is 9.47 Å². The van der Waals surface area contributed by atoms with E-state index in [2.05, 4.69) is 10.2 Å². The molecule has 0 bridgehead atoms. The fraction of sp³-hybridized carbons (Fsp3) is 1.00. The Morgan fingerprint density at radius 1 is 1.07 bits per heavy atom. The third-order valence-corrected chi connectivity index (χ3v) is 2.99. The standard InChI is InChI=1S/C11H24N2O2/c1-14-9-7-13(8-10-15-2)11-3-5-12-6-4-11/h11-12H,3-10H2,1-2H3.